The van der Waals surface area contributed by atoms with Crippen molar-refractivity contribution in [3.63, 3.8) is 0 Å². The maximum atomic E-state index is 5.37. The summed E-state index contributed by atoms with van der Waals surface area (Å²) in [5.41, 5.74) is 1.16. The van der Waals surface area contributed by atoms with Crippen molar-refractivity contribution in [2.24, 2.45) is 0 Å². The molecule has 0 atom stereocenters. The number of rotatable bonds is 7. The molecule has 0 saturated heterocycles. The van der Waals surface area contributed by atoms with Gasteiger partial charge in [-0.15, -0.1) is 16.8 Å². The first kappa shape index (κ1) is 14.7. The highest BCUT2D eigenvalue weighted by molar-refractivity contribution is 7.98. The predicted octanol–water partition coefficient (Wildman–Crippen LogP) is 3.33. The second kappa shape index (κ2) is 7.14. The molecule has 0 saturated carbocycles. The molecule has 5 heteroatoms. The van der Waals surface area contributed by atoms with Crippen molar-refractivity contribution in [3.05, 3.63) is 48.3 Å². The first-order valence-electron chi connectivity index (χ1n) is 6.57. The van der Waals surface area contributed by atoms with Gasteiger partial charge in [-0.2, -0.15) is 0 Å². The molecule has 0 aliphatic rings. The summed E-state index contributed by atoms with van der Waals surface area (Å²) in [5, 5.41) is 9.41. The van der Waals surface area contributed by atoms with Gasteiger partial charge in [-0.1, -0.05) is 43.0 Å². The summed E-state index contributed by atoms with van der Waals surface area (Å²) in [6.07, 6.45) is 2.74. The van der Waals surface area contributed by atoms with Gasteiger partial charge in [0.1, 0.15) is 11.6 Å². The molecular formula is C15H19N3OS. The number of aryl methyl sites for hydroxylation is 1. The van der Waals surface area contributed by atoms with Crippen molar-refractivity contribution in [3.8, 4) is 5.75 Å². The Balaban J connectivity index is 2.14. The number of para-hydroxylation sites is 1. The van der Waals surface area contributed by atoms with Crippen LogP contribution >= 0.6 is 11.8 Å². The van der Waals surface area contributed by atoms with Crippen LogP contribution in [0.25, 0.3) is 0 Å². The van der Waals surface area contributed by atoms with Gasteiger partial charge in [0.2, 0.25) is 0 Å². The van der Waals surface area contributed by atoms with E-state index in [2.05, 4.69) is 34.3 Å². The maximum absolute atomic E-state index is 5.37. The van der Waals surface area contributed by atoms with Crippen molar-refractivity contribution in [2.45, 2.75) is 30.8 Å². The highest BCUT2D eigenvalue weighted by Gasteiger charge is 2.11. The molecule has 0 unspecified atom stereocenters. The van der Waals surface area contributed by atoms with Gasteiger partial charge in [0.25, 0.3) is 0 Å². The van der Waals surface area contributed by atoms with E-state index in [1.54, 1.807) is 18.9 Å². The van der Waals surface area contributed by atoms with E-state index < -0.39 is 0 Å². The smallest absolute Gasteiger partial charge is 0.191 e. The second-order valence-corrected chi connectivity index (χ2v) is 5.19. The zero-order valence-electron chi connectivity index (χ0n) is 11.9. The Morgan fingerprint density at radius 1 is 1.35 bits per heavy atom. The SMILES string of the molecule is C=CCn1c(CC)nnc1SCc1ccccc1OC. The minimum Gasteiger partial charge on any atom is -0.496 e. The molecule has 4 nitrogen and oxygen atoms in total. The molecule has 0 fully saturated rings. The third kappa shape index (κ3) is 3.22. The topological polar surface area (TPSA) is 39.9 Å². The number of nitrogens with zero attached hydrogens (tertiary/aromatic N) is 3. The molecular weight excluding hydrogens is 270 g/mol. The van der Waals surface area contributed by atoms with E-state index in [0.29, 0.717) is 0 Å². The lowest BCUT2D eigenvalue weighted by molar-refractivity contribution is 0.411. The summed E-state index contributed by atoms with van der Waals surface area (Å²) in [4.78, 5) is 0. The summed E-state index contributed by atoms with van der Waals surface area (Å²) in [6, 6.07) is 8.04. The van der Waals surface area contributed by atoms with Crippen LogP contribution < -0.4 is 4.74 Å². The van der Waals surface area contributed by atoms with Gasteiger partial charge in [0.05, 0.1) is 7.11 Å². The summed E-state index contributed by atoms with van der Waals surface area (Å²) in [7, 11) is 1.69. The number of allylic oxidation sites excluding steroid dienone is 1. The normalized spacial score (nSPS) is 10.5. The lowest BCUT2D eigenvalue weighted by atomic mass is 10.2. The molecule has 0 N–H and O–H groups in total. The Hall–Kier alpha value is -1.75. The quantitative estimate of drug-likeness (QED) is 0.579. The average Bonchev–Trinajstić information content (AvgIpc) is 2.88. The Morgan fingerprint density at radius 3 is 2.85 bits per heavy atom. The van der Waals surface area contributed by atoms with Crippen molar-refractivity contribution >= 4 is 11.8 Å². The highest BCUT2D eigenvalue weighted by Crippen LogP contribution is 2.27. The minimum atomic E-state index is 0.741. The predicted molar refractivity (Wildman–Crippen MR) is 82.2 cm³/mol. The van der Waals surface area contributed by atoms with E-state index >= 15 is 0 Å². The molecule has 1 aromatic carbocycles. The number of ether oxygens (including phenoxy) is 1. The van der Waals surface area contributed by atoms with Crippen LogP contribution in [0.2, 0.25) is 0 Å². The first-order valence-corrected chi connectivity index (χ1v) is 7.56. The lowest BCUT2D eigenvalue weighted by Gasteiger charge is -2.09. The molecule has 2 rings (SSSR count). The van der Waals surface area contributed by atoms with Crippen molar-refractivity contribution in [1.29, 1.82) is 0 Å². The van der Waals surface area contributed by atoms with Crippen molar-refractivity contribution in [2.75, 3.05) is 7.11 Å². The maximum Gasteiger partial charge on any atom is 0.191 e. The van der Waals surface area contributed by atoms with Gasteiger partial charge >= 0.3 is 0 Å². The van der Waals surface area contributed by atoms with Gasteiger partial charge in [-0.25, -0.2) is 0 Å². The van der Waals surface area contributed by atoms with Gasteiger partial charge in [-0.05, 0) is 6.07 Å². The Kier molecular flexibility index (Phi) is 5.24. The minimum absolute atomic E-state index is 0.741. The molecule has 1 aromatic heterocycles. The molecule has 106 valence electrons. The van der Waals surface area contributed by atoms with E-state index in [9.17, 15) is 0 Å². The number of benzene rings is 1. The zero-order valence-corrected chi connectivity index (χ0v) is 12.7. The van der Waals surface area contributed by atoms with Gasteiger partial charge < -0.3 is 9.30 Å². The van der Waals surface area contributed by atoms with Crippen LogP contribution in [-0.2, 0) is 18.7 Å². The van der Waals surface area contributed by atoms with Crippen LogP contribution in [0.1, 0.15) is 18.3 Å². The largest absolute Gasteiger partial charge is 0.496 e. The standard InChI is InChI=1S/C15H19N3OS/c1-4-10-18-14(5-2)16-17-15(18)20-11-12-8-6-7-9-13(12)19-3/h4,6-9H,1,5,10-11H2,2-3H3. The van der Waals surface area contributed by atoms with Gasteiger partial charge in [0.15, 0.2) is 5.16 Å². The number of methoxy groups -OCH3 is 1. The summed E-state index contributed by atoms with van der Waals surface area (Å²) < 4.78 is 7.47. The summed E-state index contributed by atoms with van der Waals surface area (Å²) in [6.45, 7) is 6.61. The number of hydrogen-bond donors (Lipinski definition) is 0. The molecule has 0 bridgehead atoms. The van der Waals surface area contributed by atoms with E-state index in [4.69, 9.17) is 4.74 Å². The second-order valence-electron chi connectivity index (χ2n) is 4.25. The van der Waals surface area contributed by atoms with Crippen LogP contribution in [0.5, 0.6) is 5.75 Å². The van der Waals surface area contributed by atoms with Crippen LogP contribution in [0.4, 0.5) is 0 Å². The van der Waals surface area contributed by atoms with Crippen LogP contribution in [0.3, 0.4) is 0 Å². The number of hydrogen-bond acceptors (Lipinski definition) is 4. The summed E-state index contributed by atoms with van der Waals surface area (Å²) in [5.74, 6) is 2.71. The molecule has 1 heterocycles. The van der Waals surface area contributed by atoms with Crippen LogP contribution in [0, 0.1) is 0 Å². The fourth-order valence-corrected chi connectivity index (χ4v) is 2.92. The fraction of sp³-hybridized carbons (Fsp3) is 0.333. The van der Waals surface area contributed by atoms with Crippen LogP contribution in [-0.4, -0.2) is 21.9 Å². The molecule has 20 heavy (non-hydrogen) atoms. The molecule has 0 aliphatic carbocycles. The van der Waals surface area contributed by atoms with E-state index in [1.807, 2.05) is 24.3 Å². The van der Waals surface area contributed by atoms with E-state index in [0.717, 1.165) is 41.0 Å². The third-order valence-electron chi connectivity index (χ3n) is 2.97. The Bertz CT molecular complexity index is 580. The van der Waals surface area contributed by atoms with Gasteiger partial charge in [-0.3, -0.25) is 0 Å². The number of thioether (sulfide) groups is 1. The van der Waals surface area contributed by atoms with Crippen molar-refractivity contribution < 1.29 is 4.74 Å². The van der Waals surface area contributed by atoms with Crippen molar-refractivity contribution in [1.82, 2.24) is 14.8 Å². The molecule has 2 aromatic rings. The molecule has 0 radical (unpaired) electrons. The van der Waals surface area contributed by atoms with Gasteiger partial charge in [0, 0.05) is 24.3 Å². The average molecular weight is 289 g/mol. The third-order valence-corrected chi connectivity index (χ3v) is 3.99. The molecule has 0 spiro atoms. The van der Waals surface area contributed by atoms with E-state index in [-0.39, 0.29) is 0 Å². The Labute approximate surface area is 123 Å². The highest BCUT2D eigenvalue weighted by atomic mass is 32.2. The monoisotopic (exact) mass is 289 g/mol. The molecule has 0 amide bonds. The first-order chi connectivity index (χ1) is 9.80. The summed E-state index contributed by atoms with van der Waals surface area (Å²) >= 11 is 1.67. The zero-order chi connectivity index (χ0) is 14.4. The molecule has 0 aliphatic heterocycles. The van der Waals surface area contributed by atoms with E-state index in [1.165, 1.54) is 0 Å². The van der Waals surface area contributed by atoms with Crippen LogP contribution in [0.15, 0.2) is 42.1 Å². The number of aromatic nitrogens is 3. The lowest BCUT2D eigenvalue weighted by Crippen LogP contribution is -2.02. The Morgan fingerprint density at radius 2 is 2.15 bits per heavy atom. The fourth-order valence-electron chi connectivity index (χ4n) is 1.96.